The molecule has 10 heteroatoms. The molecule has 27 heavy (non-hydrogen) atoms. The first-order valence-electron chi connectivity index (χ1n) is 7.67. The Hall–Kier alpha value is -2.78. The molecule has 0 unspecified atom stereocenters. The van der Waals surface area contributed by atoms with E-state index in [0.717, 1.165) is 6.07 Å². The SMILES string of the molecule is O=C(NCc1nnc(S(=O)(=O)Cc2ccc(Cl)cc2)o1)c1cccc(F)c1. The Kier molecular flexibility index (Phi) is 5.52. The Balaban J connectivity index is 1.65. The first-order valence-corrected chi connectivity index (χ1v) is 9.70. The number of halogens is 2. The van der Waals surface area contributed by atoms with Gasteiger partial charge in [-0.1, -0.05) is 34.9 Å². The fourth-order valence-corrected chi connectivity index (χ4v) is 3.45. The molecule has 1 heterocycles. The van der Waals surface area contributed by atoms with Gasteiger partial charge in [-0.2, -0.15) is 0 Å². The lowest BCUT2D eigenvalue weighted by molar-refractivity contribution is 0.0946. The van der Waals surface area contributed by atoms with Crippen molar-refractivity contribution in [3.8, 4) is 0 Å². The molecule has 0 aliphatic rings. The van der Waals surface area contributed by atoms with E-state index in [2.05, 4.69) is 15.5 Å². The number of rotatable bonds is 6. The predicted molar refractivity (Wildman–Crippen MR) is 94.2 cm³/mol. The number of sulfone groups is 1. The maximum absolute atomic E-state index is 13.1. The van der Waals surface area contributed by atoms with Crippen LogP contribution in [0.3, 0.4) is 0 Å². The molecule has 0 fully saturated rings. The summed E-state index contributed by atoms with van der Waals surface area (Å²) in [5.41, 5.74) is 0.628. The molecule has 0 aliphatic carbocycles. The molecule has 0 saturated carbocycles. The highest BCUT2D eigenvalue weighted by molar-refractivity contribution is 7.90. The van der Waals surface area contributed by atoms with Crippen molar-refractivity contribution >= 4 is 27.3 Å². The number of hydrogen-bond acceptors (Lipinski definition) is 6. The van der Waals surface area contributed by atoms with E-state index in [-0.39, 0.29) is 23.8 Å². The Morgan fingerprint density at radius 2 is 1.89 bits per heavy atom. The van der Waals surface area contributed by atoms with Crippen LogP contribution in [0.25, 0.3) is 0 Å². The number of carbonyl (C=O) groups excluding carboxylic acids is 1. The predicted octanol–water partition coefficient (Wildman–Crippen LogP) is 2.77. The zero-order chi connectivity index (χ0) is 19.4. The molecule has 7 nitrogen and oxygen atoms in total. The first kappa shape index (κ1) is 19.0. The molecule has 0 bridgehead atoms. The lowest BCUT2D eigenvalue weighted by atomic mass is 10.2. The Labute approximate surface area is 159 Å². The van der Waals surface area contributed by atoms with Crippen molar-refractivity contribution in [1.82, 2.24) is 15.5 Å². The number of nitrogens with one attached hydrogen (secondary N) is 1. The van der Waals surface area contributed by atoms with Gasteiger partial charge in [0.25, 0.3) is 5.91 Å². The summed E-state index contributed by atoms with van der Waals surface area (Å²) in [4.78, 5) is 11.9. The van der Waals surface area contributed by atoms with Crippen LogP contribution < -0.4 is 5.32 Å². The third kappa shape index (κ3) is 4.89. The smallest absolute Gasteiger partial charge is 0.335 e. The van der Waals surface area contributed by atoms with Crippen molar-refractivity contribution < 1.29 is 22.0 Å². The molecule has 1 N–H and O–H groups in total. The van der Waals surface area contributed by atoms with Gasteiger partial charge in [-0.25, -0.2) is 12.8 Å². The zero-order valence-electron chi connectivity index (χ0n) is 13.7. The van der Waals surface area contributed by atoms with E-state index in [0.29, 0.717) is 10.6 Å². The van der Waals surface area contributed by atoms with Crippen LogP contribution in [-0.2, 0) is 22.1 Å². The van der Waals surface area contributed by atoms with Gasteiger partial charge < -0.3 is 9.73 Å². The zero-order valence-corrected chi connectivity index (χ0v) is 15.3. The highest BCUT2D eigenvalue weighted by Crippen LogP contribution is 2.17. The standard InChI is InChI=1S/C17H13ClFN3O4S/c18-13-6-4-11(5-7-13)10-27(24,25)17-22-21-15(26-17)9-20-16(23)12-2-1-3-14(19)8-12/h1-8H,9-10H2,(H,20,23). The summed E-state index contributed by atoms with van der Waals surface area (Å²) < 4.78 is 42.9. The Morgan fingerprint density at radius 1 is 1.15 bits per heavy atom. The Bertz CT molecular complexity index is 1070. The molecule has 0 aliphatic heterocycles. The summed E-state index contributed by atoms with van der Waals surface area (Å²) in [6, 6.07) is 11.4. The van der Waals surface area contributed by atoms with Gasteiger partial charge in [0.05, 0.1) is 12.3 Å². The van der Waals surface area contributed by atoms with Crippen molar-refractivity contribution in [2.45, 2.75) is 17.5 Å². The third-order valence-corrected chi connectivity index (χ3v) is 5.13. The van der Waals surface area contributed by atoms with Crippen molar-refractivity contribution in [1.29, 1.82) is 0 Å². The fourth-order valence-electron chi connectivity index (χ4n) is 2.18. The Morgan fingerprint density at radius 3 is 2.59 bits per heavy atom. The minimum absolute atomic E-state index is 0.0885. The van der Waals surface area contributed by atoms with Crippen LogP contribution in [-0.4, -0.2) is 24.5 Å². The van der Waals surface area contributed by atoms with Gasteiger partial charge in [-0.3, -0.25) is 4.79 Å². The van der Waals surface area contributed by atoms with Crippen LogP contribution in [0.2, 0.25) is 5.02 Å². The molecule has 1 aromatic heterocycles. The van der Waals surface area contributed by atoms with Gasteiger partial charge in [0.2, 0.25) is 15.7 Å². The summed E-state index contributed by atoms with van der Waals surface area (Å²) in [7, 11) is -3.85. The molecular weight excluding hydrogens is 397 g/mol. The molecule has 3 rings (SSSR count). The monoisotopic (exact) mass is 409 g/mol. The summed E-state index contributed by atoms with van der Waals surface area (Å²) in [6.07, 6.45) is 0. The normalized spacial score (nSPS) is 11.3. The van der Waals surface area contributed by atoms with Crippen LogP contribution in [0.15, 0.2) is 58.2 Å². The lowest BCUT2D eigenvalue weighted by Gasteiger charge is -2.02. The minimum atomic E-state index is -3.85. The average molecular weight is 410 g/mol. The second-order valence-corrected chi connectivity index (χ2v) is 7.84. The number of nitrogens with zero attached hydrogens (tertiary/aromatic N) is 2. The summed E-state index contributed by atoms with van der Waals surface area (Å²) >= 11 is 5.77. The number of amides is 1. The molecule has 3 aromatic rings. The largest absolute Gasteiger partial charge is 0.411 e. The van der Waals surface area contributed by atoms with Crippen LogP contribution >= 0.6 is 11.6 Å². The second kappa shape index (κ2) is 7.85. The van der Waals surface area contributed by atoms with Crippen molar-refractivity contribution in [2.24, 2.45) is 0 Å². The van der Waals surface area contributed by atoms with Gasteiger partial charge in [-0.05, 0) is 35.9 Å². The molecular formula is C17H13ClFN3O4S. The topological polar surface area (TPSA) is 102 Å². The maximum atomic E-state index is 13.1. The number of hydrogen-bond donors (Lipinski definition) is 1. The number of carbonyl (C=O) groups is 1. The van der Waals surface area contributed by atoms with Gasteiger partial charge in [0, 0.05) is 10.6 Å². The van der Waals surface area contributed by atoms with E-state index in [4.69, 9.17) is 16.0 Å². The maximum Gasteiger partial charge on any atom is 0.335 e. The van der Waals surface area contributed by atoms with Crippen LogP contribution in [0.4, 0.5) is 4.39 Å². The second-order valence-electron chi connectivity index (χ2n) is 5.54. The van der Waals surface area contributed by atoms with Gasteiger partial charge in [-0.15, -0.1) is 5.10 Å². The molecule has 0 saturated heterocycles. The highest BCUT2D eigenvalue weighted by Gasteiger charge is 2.23. The fraction of sp³-hybridized carbons (Fsp3) is 0.118. The van der Waals surface area contributed by atoms with Crippen LogP contribution in [0.5, 0.6) is 0 Å². The average Bonchev–Trinajstić information content (AvgIpc) is 3.11. The van der Waals surface area contributed by atoms with Crippen molar-refractivity contribution in [3.05, 3.63) is 76.4 Å². The van der Waals surface area contributed by atoms with E-state index < -0.39 is 26.8 Å². The molecule has 0 atom stereocenters. The molecule has 1 amide bonds. The first-order chi connectivity index (χ1) is 12.8. The molecule has 0 spiro atoms. The summed E-state index contributed by atoms with van der Waals surface area (Å²) in [5, 5.41) is 9.53. The van der Waals surface area contributed by atoms with E-state index in [1.807, 2.05) is 0 Å². The minimum Gasteiger partial charge on any atom is -0.411 e. The third-order valence-electron chi connectivity index (χ3n) is 3.47. The van der Waals surface area contributed by atoms with E-state index in [1.54, 1.807) is 24.3 Å². The summed E-state index contributed by atoms with van der Waals surface area (Å²) in [6.45, 7) is -0.196. The van der Waals surface area contributed by atoms with E-state index in [1.165, 1.54) is 18.2 Å². The molecule has 2 aromatic carbocycles. The number of benzene rings is 2. The number of aromatic nitrogens is 2. The van der Waals surface area contributed by atoms with E-state index in [9.17, 15) is 17.6 Å². The van der Waals surface area contributed by atoms with E-state index >= 15 is 0 Å². The van der Waals surface area contributed by atoms with Gasteiger partial charge >= 0.3 is 5.22 Å². The quantitative estimate of drug-likeness (QED) is 0.671. The van der Waals surface area contributed by atoms with Crippen LogP contribution in [0.1, 0.15) is 21.8 Å². The van der Waals surface area contributed by atoms with Gasteiger partial charge in [0.15, 0.2) is 0 Å². The van der Waals surface area contributed by atoms with Crippen molar-refractivity contribution in [2.75, 3.05) is 0 Å². The lowest BCUT2D eigenvalue weighted by Crippen LogP contribution is -2.23. The summed E-state index contributed by atoms with van der Waals surface area (Å²) in [5.74, 6) is -1.52. The van der Waals surface area contributed by atoms with Gasteiger partial charge in [0.1, 0.15) is 5.82 Å². The highest BCUT2D eigenvalue weighted by atomic mass is 35.5. The van der Waals surface area contributed by atoms with Crippen molar-refractivity contribution in [3.63, 3.8) is 0 Å². The molecule has 140 valence electrons. The molecule has 0 radical (unpaired) electrons. The van der Waals surface area contributed by atoms with Crippen LogP contribution in [0, 0.1) is 5.82 Å².